The van der Waals surface area contributed by atoms with Gasteiger partial charge in [0.1, 0.15) is 0 Å². The molecule has 152 valence electrons. The van der Waals surface area contributed by atoms with Crippen LogP contribution >= 0.6 is 11.6 Å². The van der Waals surface area contributed by atoms with Crippen LogP contribution in [-0.2, 0) is 16.1 Å². The number of hydrogen-bond donors (Lipinski definition) is 0. The van der Waals surface area contributed by atoms with Crippen molar-refractivity contribution in [3.8, 4) is 0 Å². The second-order valence-electron chi connectivity index (χ2n) is 8.46. The molecule has 1 aromatic carbocycles. The molecule has 5 nitrogen and oxygen atoms in total. The number of nitrogens with zero attached hydrogens (tertiary/aromatic N) is 3. The summed E-state index contributed by atoms with van der Waals surface area (Å²) in [4.78, 5) is 31.7. The van der Waals surface area contributed by atoms with Gasteiger partial charge < -0.3 is 9.80 Å². The van der Waals surface area contributed by atoms with E-state index in [1.54, 1.807) is 0 Å². The highest BCUT2D eigenvalue weighted by Gasteiger charge is 2.36. The molecule has 0 radical (unpaired) electrons. The fraction of sp³-hybridized carbons (Fsp3) is 0.636. The number of rotatable bonds is 4. The molecule has 6 heteroatoms. The van der Waals surface area contributed by atoms with Gasteiger partial charge in [-0.1, -0.05) is 23.7 Å². The van der Waals surface area contributed by atoms with Crippen molar-refractivity contribution < 1.29 is 9.59 Å². The van der Waals surface area contributed by atoms with E-state index in [0.29, 0.717) is 11.8 Å². The Balaban J connectivity index is 1.25. The Hall–Kier alpha value is -1.59. The summed E-state index contributed by atoms with van der Waals surface area (Å²) >= 11 is 5.97. The Morgan fingerprint density at radius 3 is 2.04 bits per heavy atom. The third-order valence-electron chi connectivity index (χ3n) is 6.30. The van der Waals surface area contributed by atoms with E-state index >= 15 is 0 Å². The van der Waals surface area contributed by atoms with Crippen molar-refractivity contribution in [2.45, 2.75) is 38.6 Å². The van der Waals surface area contributed by atoms with Gasteiger partial charge in [0.25, 0.3) is 0 Å². The number of carbonyl (C=O) groups is 2. The largest absolute Gasteiger partial charge is 0.342 e. The van der Waals surface area contributed by atoms with Gasteiger partial charge in [-0.05, 0) is 49.8 Å². The Labute approximate surface area is 172 Å². The topological polar surface area (TPSA) is 43.9 Å². The van der Waals surface area contributed by atoms with Crippen molar-refractivity contribution in [1.29, 1.82) is 0 Å². The average molecular weight is 404 g/mol. The normalized spacial score (nSPS) is 22.2. The number of piperidine rings is 1. The minimum Gasteiger partial charge on any atom is -0.342 e. The van der Waals surface area contributed by atoms with Crippen LogP contribution in [0.1, 0.15) is 37.7 Å². The summed E-state index contributed by atoms with van der Waals surface area (Å²) in [5.74, 6) is 0.987. The molecule has 2 heterocycles. The van der Waals surface area contributed by atoms with Gasteiger partial charge in [-0.15, -0.1) is 0 Å². The maximum absolute atomic E-state index is 13.0. The minimum atomic E-state index is 0.0890. The number of likely N-dealkylation sites (tertiary alicyclic amines) is 1. The maximum Gasteiger partial charge on any atom is 0.225 e. The molecule has 0 atom stereocenters. The summed E-state index contributed by atoms with van der Waals surface area (Å²) in [6.45, 7) is 5.98. The van der Waals surface area contributed by atoms with Crippen LogP contribution in [0, 0.1) is 11.8 Å². The van der Waals surface area contributed by atoms with Crippen LogP contribution < -0.4 is 0 Å². The molecule has 2 aliphatic heterocycles. The van der Waals surface area contributed by atoms with Crippen LogP contribution in [0.15, 0.2) is 24.3 Å². The monoisotopic (exact) mass is 403 g/mol. The highest BCUT2D eigenvalue weighted by atomic mass is 35.5. The van der Waals surface area contributed by atoms with Crippen molar-refractivity contribution in [2.75, 3.05) is 39.3 Å². The Morgan fingerprint density at radius 2 is 1.39 bits per heavy atom. The zero-order chi connectivity index (χ0) is 19.5. The Bertz CT molecular complexity index is 696. The number of hydrogen-bond acceptors (Lipinski definition) is 3. The fourth-order valence-electron chi connectivity index (χ4n) is 4.39. The van der Waals surface area contributed by atoms with Crippen LogP contribution in [-0.4, -0.2) is 65.8 Å². The van der Waals surface area contributed by atoms with Gasteiger partial charge in [-0.3, -0.25) is 14.5 Å². The molecular formula is C22H30ClN3O2. The van der Waals surface area contributed by atoms with Crippen molar-refractivity contribution in [2.24, 2.45) is 11.8 Å². The molecule has 1 aliphatic carbocycles. The molecule has 0 N–H and O–H groups in total. The smallest absolute Gasteiger partial charge is 0.225 e. The summed E-state index contributed by atoms with van der Waals surface area (Å²) in [5, 5.41) is 0.765. The second-order valence-corrected chi connectivity index (χ2v) is 8.89. The van der Waals surface area contributed by atoms with E-state index in [1.807, 2.05) is 17.0 Å². The van der Waals surface area contributed by atoms with E-state index in [1.165, 1.54) is 5.56 Å². The van der Waals surface area contributed by atoms with Gasteiger partial charge in [0, 0.05) is 62.7 Å². The van der Waals surface area contributed by atoms with Crippen molar-refractivity contribution in [3.63, 3.8) is 0 Å². The van der Waals surface area contributed by atoms with E-state index < -0.39 is 0 Å². The number of amides is 2. The third kappa shape index (κ3) is 4.87. The number of benzene rings is 1. The molecule has 0 aromatic heterocycles. The van der Waals surface area contributed by atoms with E-state index in [2.05, 4.69) is 21.9 Å². The van der Waals surface area contributed by atoms with Gasteiger partial charge in [0.15, 0.2) is 0 Å². The Kier molecular flexibility index (Phi) is 6.22. The molecule has 2 amide bonds. The number of halogens is 1. The molecule has 1 saturated carbocycles. The maximum atomic E-state index is 13.0. The molecular weight excluding hydrogens is 374 g/mol. The zero-order valence-corrected chi connectivity index (χ0v) is 17.2. The van der Waals surface area contributed by atoms with Crippen LogP contribution in [0.5, 0.6) is 0 Å². The van der Waals surface area contributed by atoms with Gasteiger partial charge in [0.05, 0.1) is 0 Å². The van der Waals surface area contributed by atoms with Gasteiger partial charge in [-0.25, -0.2) is 0 Å². The van der Waals surface area contributed by atoms with Gasteiger partial charge in [0.2, 0.25) is 11.8 Å². The first kappa shape index (κ1) is 19.7. The first-order valence-electron chi connectivity index (χ1n) is 10.6. The van der Waals surface area contributed by atoms with Crippen LogP contribution in [0.2, 0.25) is 5.02 Å². The van der Waals surface area contributed by atoms with E-state index in [0.717, 1.165) is 82.9 Å². The first-order valence-corrected chi connectivity index (χ1v) is 11.0. The highest BCUT2D eigenvalue weighted by Crippen LogP contribution is 2.32. The molecule has 0 unspecified atom stereocenters. The van der Waals surface area contributed by atoms with Crippen molar-refractivity contribution in [1.82, 2.24) is 14.7 Å². The molecule has 1 aromatic rings. The first-order chi connectivity index (χ1) is 13.6. The number of carbonyl (C=O) groups excluding carboxylic acids is 2. The van der Waals surface area contributed by atoms with Crippen LogP contribution in [0.4, 0.5) is 0 Å². The highest BCUT2D eigenvalue weighted by molar-refractivity contribution is 6.30. The quantitative estimate of drug-likeness (QED) is 0.776. The predicted molar refractivity (Wildman–Crippen MR) is 110 cm³/mol. The average Bonchev–Trinajstić information content (AvgIpc) is 3.57. The standard InChI is InChI=1S/C22H30ClN3O2/c23-20-6-2-17(3-7-20)16-24-10-1-11-25(15-14-24)22(28)19-8-12-26(13-9-19)21(27)18-4-5-18/h2-3,6-7,18-19H,1,4-5,8-16H2. The molecule has 3 fully saturated rings. The van der Waals surface area contributed by atoms with Gasteiger partial charge in [-0.2, -0.15) is 0 Å². The summed E-state index contributed by atoms with van der Waals surface area (Å²) in [7, 11) is 0. The summed E-state index contributed by atoms with van der Waals surface area (Å²) in [6.07, 6.45) is 4.76. The lowest BCUT2D eigenvalue weighted by Crippen LogP contribution is -2.45. The molecule has 0 bridgehead atoms. The molecule has 3 aliphatic rings. The summed E-state index contributed by atoms with van der Waals surface area (Å²) in [6, 6.07) is 8.02. The van der Waals surface area contributed by atoms with E-state index in [9.17, 15) is 9.59 Å². The van der Waals surface area contributed by atoms with Crippen LogP contribution in [0.3, 0.4) is 0 Å². The van der Waals surface area contributed by atoms with Crippen molar-refractivity contribution >= 4 is 23.4 Å². The zero-order valence-electron chi connectivity index (χ0n) is 16.5. The molecule has 0 spiro atoms. The summed E-state index contributed by atoms with van der Waals surface area (Å²) < 4.78 is 0. The molecule has 2 saturated heterocycles. The SMILES string of the molecule is O=C(C1CC1)N1CCC(C(=O)N2CCCN(Cc3ccc(Cl)cc3)CC2)CC1. The van der Waals surface area contributed by atoms with Crippen LogP contribution in [0.25, 0.3) is 0 Å². The van der Waals surface area contributed by atoms with Gasteiger partial charge >= 0.3 is 0 Å². The summed E-state index contributed by atoms with van der Waals surface area (Å²) in [5.41, 5.74) is 1.26. The molecule has 4 rings (SSSR count). The lowest BCUT2D eigenvalue weighted by Gasteiger charge is -2.34. The minimum absolute atomic E-state index is 0.0890. The fourth-order valence-corrected chi connectivity index (χ4v) is 4.52. The van der Waals surface area contributed by atoms with E-state index in [-0.39, 0.29) is 11.8 Å². The lowest BCUT2D eigenvalue weighted by molar-refractivity contribution is -0.141. The van der Waals surface area contributed by atoms with E-state index in [4.69, 9.17) is 11.6 Å². The third-order valence-corrected chi connectivity index (χ3v) is 6.55. The van der Waals surface area contributed by atoms with Crippen molar-refractivity contribution in [3.05, 3.63) is 34.9 Å². The lowest BCUT2D eigenvalue weighted by atomic mass is 9.95. The Morgan fingerprint density at radius 1 is 0.786 bits per heavy atom. The second kappa shape index (κ2) is 8.83. The molecule has 28 heavy (non-hydrogen) atoms. The predicted octanol–water partition coefficient (Wildman–Crippen LogP) is 3.02.